The number of pyridine rings is 1. The van der Waals surface area contributed by atoms with Crippen molar-refractivity contribution >= 4 is 22.7 Å². The van der Waals surface area contributed by atoms with Gasteiger partial charge in [0.2, 0.25) is 0 Å². The molecule has 0 saturated heterocycles. The molecular formula is C24H21F2N5O2. The van der Waals surface area contributed by atoms with Gasteiger partial charge in [0.1, 0.15) is 5.75 Å². The van der Waals surface area contributed by atoms with E-state index in [4.69, 9.17) is 0 Å². The molecule has 0 bridgehead atoms. The van der Waals surface area contributed by atoms with Gasteiger partial charge in [0.05, 0.1) is 28.0 Å². The van der Waals surface area contributed by atoms with Crippen LogP contribution in [0, 0.1) is 13.8 Å². The van der Waals surface area contributed by atoms with E-state index in [1.54, 1.807) is 36.7 Å². The second-order valence-electron chi connectivity index (χ2n) is 7.39. The lowest BCUT2D eigenvalue weighted by Gasteiger charge is -2.08. The van der Waals surface area contributed by atoms with Crippen molar-refractivity contribution in [2.24, 2.45) is 5.10 Å². The molecule has 0 spiro atoms. The maximum Gasteiger partial charge on any atom is 0.387 e. The highest BCUT2D eigenvalue weighted by Gasteiger charge is 2.19. The second-order valence-corrected chi connectivity index (χ2v) is 7.39. The molecule has 0 saturated carbocycles. The van der Waals surface area contributed by atoms with E-state index >= 15 is 0 Å². The molecule has 2 aromatic heterocycles. The predicted octanol–water partition coefficient (Wildman–Crippen LogP) is 4.79. The molecule has 168 valence electrons. The van der Waals surface area contributed by atoms with Gasteiger partial charge in [-0.1, -0.05) is 30.3 Å². The smallest absolute Gasteiger partial charge is 0.387 e. The molecule has 2 aromatic carbocycles. The number of para-hydroxylation sites is 1. The minimum atomic E-state index is -2.92. The van der Waals surface area contributed by atoms with E-state index in [2.05, 4.69) is 25.3 Å². The Morgan fingerprint density at radius 3 is 2.58 bits per heavy atom. The first-order valence-corrected chi connectivity index (χ1v) is 10.2. The van der Waals surface area contributed by atoms with Crippen LogP contribution in [0.4, 0.5) is 8.78 Å². The van der Waals surface area contributed by atoms with Gasteiger partial charge in [0.15, 0.2) is 5.65 Å². The second kappa shape index (κ2) is 9.15. The third-order valence-electron chi connectivity index (χ3n) is 4.99. The van der Waals surface area contributed by atoms with Crippen LogP contribution in [0.2, 0.25) is 0 Å². The number of benzene rings is 2. The Labute approximate surface area is 188 Å². The number of hydrogen-bond donors (Lipinski definition) is 1. The average Bonchev–Trinajstić information content (AvgIpc) is 3.13. The van der Waals surface area contributed by atoms with E-state index in [1.807, 2.05) is 37.3 Å². The van der Waals surface area contributed by atoms with E-state index in [-0.39, 0.29) is 5.75 Å². The van der Waals surface area contributed by atoms with Crippen LogP contribution in [0.25, 0.3) is 16.7 Å². The van der Waals surface area contributed by atoms with Crippen molar-refractivity contribution in [1.82, 2.24) is 20.2 Å². The molecule has 0 aliphatic carbocycles. The molecule has 1 N–H and O–H groups in total. The van der Waals surface area contributed by atoms with Crippen LogP contribution < -0.4 is 10.2 Å². The van der Waals surface area contributed by atoms with Gasteiger partial charge in [-0.15, -0.1) is 0 Å². The Hall–Kier alpha value is -4.14. The summed E-state index contributed by atoms with van der Waals surface area (Å²) in [7, 11) is 0. The Morgan fingerprint density at radius 1 is 1.09 bits per heavy atom. The zero-order chi connectivity index (χ0) is 23.5. The van der Waals surface area contributed by atoms with Crippen molar-refractivity contribution in [3.63, 3.8) is 0 Å². The maximum absolute atomic E-state index is 13.1. The van der Waals surface area contributed by atoms with Crippen LogP contribution in [-0.2, 0) is 0 Å². The van der Waals surface area contributed by atoms with Gasteiger partial charge < -0.3 is 4.74 Å². The number of aromatic nitrogens is 3. The van der Waals surface area contributed by atoms with Crippen molar-refractivity contribution in [1.29, 1.82) is 0 Å². The minimum absolute atomic E-state index is 0.0128. The Balaban J connectivity index is 1.66. The van der Waals surface area contributed by atoms with Crippen LogP contribution in [-0.4, -0.2) is 33.0 Å². The summed E-state index contributed by atoms with van der Waals surface area (Å²) in [6.07, 6.45) is 0. The minimum Gasteiger partial charge on any atom is -0.435 e. The highest BCUT2D eigenvalue weighted by Crippen LogP contribution is 2.25. The summed E-state index contributed by atoms with van der Waals surface area (Å²) in [4.78, 5) is 17.7. The lowest BCUT2D eigenvalue weighted by atomic mass is 10.1. The largest absolute Gasteiger partial charge is 0.435 e. The van der Waals surface area contributed by atoms with Crippen molar-refractivity contribution in [3.05, 3.63) is 83.2 Å². The van der Waals surface area contributed by atoms with E-state index in [1.165, 1.54) is 12.1 Å². The molecule has 4 rings (SSSR count). The van der Waals surface area contributed by atoms with Gasteiger partial charge >= 0.3 is 6.61 Å². The summed E-state index contributed by atoms with van der Waals surface area (Å²) in [6.45, 7) is 2.36. The highest BCUT2D eigenvalue weighted by atomic mass is 19.3. The molecule has 4 aromatic rings. The predicted molar refractivity (Wildman–Crippen MR) is 121 cm³/mol. The summed E-state index contributed by atoms with van der Waals surface area (Å²) < 4.78 is 31.1. The number of nitrogens with one attached hydrogen (secondary N) is 1. The van der Waals surface area contributed by atoms with Gasteiger partial charge in [-0.2, -0.15) is 19.0 Å². The van der Waals surface area contributed by atoms with Gasteiger partial charge in [-0.05, 0) is 51.1 Å². The number of carbonyl (C=O) groups excluding carboxylic acids is 1. The summed E-state index contributed by atoms with van der Waals surface area (Å²) in [5.41, 5.74) is 6.63. The SMILES string of the molecule is C/C(=N\NC(=O)c1cc(C)nc2c1c(C)nn2-c1ccccc1)c1cccc(OC(F)F)c1. The van der Waals surface area contributed by atoms with E-state index in [0.29, 0.717) is 39.3 Å². The molecular weight excluding hydrogens is 428 g/mol. The molecule has 0 atom stereocenters. The number of hydrogen-bond acceptors (Lipinski definition) is 5. The summed E-state index contributed by atoms with van der Waals surface area (Å²) in [5, 5.41) is 9.36. The topological polar surface area (TPSA) is 81.4 Å². The van der Waals surface area contributed by atoms with E-state index in [9.17, 15) is 13.6 Å². The molecule has 9 heteroatoms. The van der Waals surface area contributed by atoms with Crippen LogP contribution in [0.15, 0.2) is 65.8 Å². The summed E-state index contributed by atoms with van der Waals surface area (Å²) in [6, 6.07) is 17.3. The number of nitrogens with zero attached hydrogens (tertiary/aromatic N) is 4. The molecule has 7 nitrogen and oxygen atoms in total. The molecule has 0 aliphatic rings. The zero-order valence-electron chi connectivity index (χ0n) is 18.2. The van der Waals surface area contributed by atoms with Crippen molar-refractivity contribution in [3.8, 4) is 11.4 Å². The number of fused-ring (bicyclic) bond motifs is 1. The van der Waals surface area contributed by atoms with E-state index < -0.39 is 12.5 Å². The summed E-state index contributed by atoms with van der Waals surface area (Å²) >= 11 is 0. The quantitative estimate of drug-likeness (QED) is 0.339. The fraction of sp³-hybridized carbons (Fsp3) is 0.167. The maximum atomic E-state index is 13.1. The molecule has 0 unspecified atom stereocenters. The first-order chi connectivity index (χ1) is 15.8. The molecule has 0 radical (unpaired) electrons. The van der Waals surface area contributed by atoms with Crippen molar-refractivity contribution in [2.45, 2.75) is 27.4 Å². The third kappa shape index (κ3) is 4.72. The fourth-order valence-electron chi connectivity index (χ4n) is 3.50. The van der Waals surface area contributed by atoms with Gasteiger partial charge in [-0.25, -0.2) is 15.1 Å². The average molecular weight is 449 g/mol. The molecule has 2 heterocycles. The monoisotopic (exact) mass is 449 g/mol. The number of aryl methyl sites for hydroxylation is 2. The van der Waals surface area contributed by atoms with Gasteiger partial charge in [-0.3, -0.25) is 4.79 Å². The molecule has 0 aliphatic heterocycles. The molecule has 33 heavy (non-hydrogen) atoms. The fourth-order valence-corrected chi connectivity index (χ4v) is 3.50. The van der Waals surface area contributed by atoms with Crippen LogP contribution in [0.5, 0.6) is 5.75 Å². The Kier molecular flexibility index (Phi) is 6.12. The molecule has 0 fully saturated rings. The first kappa shape index (κ1) is 22.1. The number of halogens is 2. The van der Waals surface area contributed by atoms with E-state index in [0.717, 1.165) is 5.69 Å². The number of alkyl halides is 2. The van der Waals surface area contributed by atoms with Crippen molar-refractivity contribution in [2.75, 3.05) is 0 Å². The zero-order valence-corrected chi connectivity index (χ0v) is 18.2. The van der Waals surface area contributed by atoms with Crippen LogP contribution in [0.3, 0.4) is 0 Å². The van der Waals surface area contributed by atoms with Crippen LogP contribution >= 0.6 is 0 Å². The Morgan fingerprint density at radius 2 is 1.85 bits per heavy atom. The summed E-state index contributed by atoms with van der Waals surface area (Å²) in [5.74, 6) is -0.417. The number of ether oxygens (including phenoxy) is 1. The normalized spacial score (nSPS) is 11.8. The Bertz CT molecular complexity index is 1350. The first-order valence-electron chi connectivity index (χ1n) is 10.2. The van der Waals surface area contributed by atoms with Crippen molar-refractivity contribution < 1.29 is 18.3 Å². The lowest BCUT2D eigenvalue weighted by Crippen LogP contribution is -2.20. The standard InChI is InChI=1S/C24H21F2N5O2/c1-14-12-20(21-16(3)30-31(22(21)27-14)18-9-5-4-6-10-18)23(32)29-28-15(2)17-8-7-11-19(13-17)33-24(25)26/h4-13,24H,1-3H3,(H,29,32)/b28-15+. The van der Waals surface area contributed by atoms with Gasteiger partial charge in [0, 0.05) is 11.3 Å². The number of amides is 1. The number of rotatable bonds is 6. The van der Waals surface area contributed by atoms with Gasteiger partial charge in [0.25, 0.3) is 5.91 Å². The molecule has 1 amide bonds. The van der Waals surface area contributed by atoms with Crippen LogP contribution in [0.1, 0.15) is 34.2 Å². The number of hydrazone groups is 1. The lowest BCUT2D eigenvalue weighted by molar-refractivity contribution is -0.0498. The third-order valence-corrected chi connectivity index (χ3v) is 4.99. The number of carbonyl (C=O) groups is 1. The highest BCUT2D eigenvalue weighted by molar-refractivity contribution is 6.07.